The molecular weight excluding hydrogens is 342 g/mol. The predicted molar refractivity (Wildman–Crippen MR) is 84.9 cm³/mol. The van der Waals surface area contributed by atoms with Crippen LogP contribution in [0, 0.1) is 6.07 Å². The highest BCUT2D eigenvalue weighted by atomic mass is 79.9. The van der Waals surface area contributed by atoms with Gasteiger partial charge in [-0.25, -0.2) is 0 Å². The third-order valence-corrected chi connectivity index (χ3v) is 3.78. The van der Waals surface area contributed by atoms with E-state index in [1.54, 1.807) is 14.2 Å². The highest BCUT2D eigenvalue weighted by Gasteiger charge is 2.13. The summed E-state index contributed by atoms with van der Waals surface area (Å²) >= 11 is 9.37. The van der Waals surface area contributed by atoms with E-state index >= 15 is 0 Å². The fourth-order valence-corrected chi connectivity index (χ4v) is 2.38. The molecule has 0 aliphatic rings. The maximum atomic E-state index is 5.87. The monoisotopic (exact) mass is 354 g/mol. The van der Waals surface area contributed by atoms with Crippen LogP contribution >= 0.6 is 27.5 Å². The first-order valence-corrected chi connectivity index (χ1v) is 7.13. The van der Waals surface area contributed by atoms with Crippen LogP contribution in [-0.2, 0) is 6.54 Å². The van der Waals surface area contributed by atoms with Gasteiger partial charge in [0, 0.05) is 33.4 Å². The third-order valence-electron chi connectivity index (χ3n) is 2.82. The zero-order chi connectivity index (χ0) is 14.5. The van der Waals surface area contributed by atoms with E-state index in [2.05, 4.69) is 27.3 Å². The summed E-state index contributed by atoms with van der Waals surface area (Å²) in [5.41, 5.74) is 1.95. The van der Waals surface area contributed by atoms with Crippen LogP contribution in [0.1, 0.15) is 5.56 Å². The topological polar surface area (TPSA) is 30.5 Å². The molecule has 0 aromatic heterocycles. The van der Waals surface area contributed by atoms with E-state index < -0.39 is 0 Å². The lowest BCUT2D eigenvalue weighted by molar-refractivity contribution is 0.351. The minimum absolute atomic E-state index is 0.587. The zero-order valence-electron chi connectivity index (χ0n) is 11.2. The van der Waals surface area contributed by atoms with Crippen LogP contribution in [-0.4, -0.2) is 14.2 Å². The SMILES string of the molecule is COc1[c]cc(Br)c(CNc2ccc(Cl)cc2)c1OC. The van der Waals surface area contributed by atoms with Gasteiger partial charge in [0.05, 0.1) is 14.2 Å². The first-order valence-electron chi connectivity index (χ1n) is 5.96. The Morgan fingerprint density at radius 2 is 1.90 bits per heavy atom. The lowest BCUT2D eigenvalue weighted by Gasteiger charge is -2.15. The van der Waals surface area contributed by atoms with Gasteiger partial charge in [0.15, 0.2) is 11.5 Å². The molecule has 2 aromatic carbocycles. The summed E-state index contributed by atoms with van der Waals surface area (Å²) in [5, 5.41) is 4.03. The molecule has 1 radical (unpaired) electrons. The molecule has 0 aliphatic heterocycles. The van der Waals surface area contributed by atoms with Crippen LogP contribution < -0.4 is 14.8 Å². The lowest BCUT2D eigenvalue weighted by Crippen LogP contribution is -2.04. The lowest BCUT2D eigenvalue weighted by atomic mass is 10.1. The number of anilines is 1. The summed E-state index contributed by atoms with van der Waals surface area (Å²) in [6.07, 6.45) is 0. The highest BCUT2D eigenvalue weighted by molar-refractivity contribution is 9.10. The molecular formula is C15H14BrClNO2. The molecule has 0 unspecified atom stereocenters. The number of rotatable bonds is 5. The maximum Gasteiger partial charge on any atom is 0.169 e. The molecule has 0 saturated heterocycles. The minimum Gasteiger partial charge on any atom is -0.492 e. The van der Waals surface area contributed by atoms with Crippen LogP contribution in [0.4, 0.5) is 5.69 Å². The van der Waals surface area contributed by atoms with Crippen molar-refractivity contribution in [1.82, 2.24) is 0 Å². The van der Waals surface area contributed by atoms with Crippen molar-refractivity contribution in [2.75, 3.05) is 19.5 Å². The number of hydrogen-bond acceptors (Lipinski definition) is 3. The smallest absolute Gasteiger partial charge is 0.169 e. The van der Waals surface area contributed by atoms with Crippen molar-refractivity contribution in [3.8, 4) is 11.5 Å². The molecule has 0 saturated carbocycles. The van der Waals surface area contributed by atoms with Gasteiger partial charge in [-0.2, -0.15) is 0 Å². The molecule has 0 bridgehead atoms. The van der Waals surface area contributed by atoms with Crippen molar-refractivity contribution >= 4 is 33.2 Å². The Labute approximate surface area is 132 Å². The van der Waals surface area contributed by atoms with Crippen molar-refractivity contribution in [2.45, 2.75) is 6.54 Å². The maximum absolute atomic E-state index is 5.87. The molecule has 0 heterocycles. The van der Waals surface area contributed by atoms with Crippen LogP contribution in [0.3, 0.4) is 0 Å². The van der Waals surface area contributed by atoms with E-state index in [0.717, 1.165) is 15.7 Å². The van der Waals surface area contributed by atoms with Crippen LogP contribution in [0.2, 0.25) is 5.02 Å². The van der Waals surface area contributed by atoms with Gasteiger partial charge in [-0.3, -0.25) is 0 Å². The second kappa shape index (κ2) is 6.86. The van der Waals surface area contributed by atoms with Crippen molar-refractivity contribution < 1.29 is 9.47 Å². The van der Waals surface area contributed by atoms with Gasteiger partial charge < -0.3 is 14.8 Å². The quantitative estimate of drug-likeness (QED) is 0.854. The van der Waals surface area contributed by atoms with Gasteiger partial charge in [0.1, 0.15) is 0 Å². The Morgan fingerprint density at radius 1 is 1.20 bits per heavy atom. The third kappa shape index (κ3) is 3.38. The summed E-state index contributed by atoms with van der Waals surface area (Å²) < 4.78 is 11.6. The minimum atomic E-state index is 0.587. The molecule has 0 fully saturated rings. The molecule has 5 heteroatoms. The Kier molecular flexibility index (Phi) is 5.15. The van der Waals surface area contributed by atoms with Gasteiger partial charge in [-0.1, -0.05) is 27.5 Å². The number of nitrogens with one attached hydrogen (secondary N) is 1. The fourth-order valence-electron chi connectivity index (χ4n) is 1.82. The molecule has 0 spiro atoms. The summed E-state index contributed by atoms with van der Waals surface area (Å²) in [4.78, 5) is 0. The molecule has 2 rings (SSSR count). The van der Waals surface area contributed by atoms with Gasteiger partial charge >= 0.3 is 0 Å². The Hall–Kier alpha value is -1.39. The number of methoxy groups -OCH3 is 2. The molecule has 20 heavy (non-hydrogen) atoms. The number of benzene rings is 2. The van der Waals surface area contributed by atoms with Gasteiger partial charge in [0.25, 0.3) is 0 Å². The number of hydrogen-bond donors (Lipinski definition) is 1. The summed E-state index contributed by atoms with van der Waals surface area (Å²) in [7, 11) is 3.21. The fraction of sp³-hybridized carbons (Fsp3) is 0.200. The molecule has 0 amide bonds. The molecule has 0 atom stereocenters. The summed E-state index contributed by atoms with van der Waals surface area (Å²) in [6, 6.07) is 12.4. The van der Waals surface area contributed by atoms with E-state index in [1.807, 2.05) is 30.3 Å². The molecule has 2 aromatic rings. The van der Waals surface area contributed by atoms with Crippen LogP contribution in [0.25, 0.3) is 0 Å². The summed E-state index contributed by atoms with van der Waals surface area (Å²) in [5.74, 6) is 1.26. The van der Waals surface area contributed by atoms with E-state index in [1.165, 1.54) is 0 Å². The van der Waals surface area contributed by atoms with Crippen molar-refractivity contribution in [3.63, 3.8) is 0 Å². The van der Waals surface area contributed by atoms with Gasteiger partial charge in [0.2, 0.25) is 0 Å². The number of ether oxygens (including phenoxy) is 2. The van der Waals surface area contributed by atoms with Gasteiger partial charge in [-0.15, -0.1) is 0 Å². The average molecular weight is 356 g/mol. The first-order chi connectivity index (χ1) is 9.65. The van der Waals surface area contributed by atoms with E-state index in [4.69, 9.17) is 21.1 Å². The predicted octanol–water partition coefficient (Wildman–Crippen LogP) is 4.53. The molecule has 1 N–H and O–H groups in total. The van der Waals surface area contributed by atoms with E-state index in [9.17, 15) is 0 Å². The van der Waals surface area contributed by atoms with Crippen molar-refractivity contribution in [2.24, 2.45) is 0 Å². The van der Waals surface area contributed by atoms with Crippen LogP contribution in [0.15, 0.2) is 34.8 Å². The zero-order valence-corrected chi connectivity index (χ0v) is 13.5. The molecule has 0 aliphatic carbocycles. The second-order valence-electron chi connectivity index (χ2n) is 4.04. The number of halogens is 2. The Morgan fingerprint density at radius 3 is 2.50 bits per heavy atom. The Balaban J connectivity index is 2.22. The normalized spacial score (nSPS) is 10.2. The van der Waals surface area contributed by atoms with Crippen molar-refractivity contribution in [1.29, 1.82) is 0 Å². The average Bonchev–Trinajstić information content (AvgIpc) is 2.47. The van der Waals surface area contributed by atoms with Gasteiger partial charge in [-0.05, 0) is 30.3 Å². The molecule has 3 nitrogen and oxygen atoms in total. The van der Waals surface area contributed by atoms with Crippen molar-refractivity contribution in [3.05, 3.63) is 51.5 Å². The second-order valence-corrected chi connectivity index (χ2v) is 5.33. The molecule has 105 valence electrons. The van der Waals surface area contributed by atoms with Crippen LogP contribution in [0.5, 0.6) is 11.5 Å². The largest absolute Gasteiger partial charge is 0.492 e. The highest BCUT2D eigenvalue weighted by Crippen LogP contribution is 2.36. The Bertz CT molecular complexity index is 587. The van der Waals surface area contributed by atoms with E-state index in [-0.39, 0.29) is 0 Å². The van der Waals surface area contributed by atoms with E-state index in [0.29, 0.717) is 23.1 Å². The standard InChI is InChI=1S/C15H14BrClNO2/c1-19-14-8-7-13(16)12(15(14)20-2)9-18-11-5-3-10(17)4-6-11/h3-7,18H,9H2,1-2H3. The summed E-state index contributed by atoms with van der Waals surface area (Å²) in [6.45, 7) is 0.594. The first kappa shape index (κ1) is 15.0.